The number of piperidine rings is 1. The Labute approximate surface area is 113 Å². The van der Waals surface area contributed by atoms with Gasteiger partial charge in [-0.2, -0.15) is 0 Å². The van der Waals surface area contributed by atoms with E-state index in [0.29, 0.717) is 11.7 Å². The van der Waals surface area contributed by atoms with Crippen LogP contribution in [0.3, 0.4) is 0 Å². The number of hydrogen-bond donors (Lipinski definition) is 1. The first kappa shape index (κ1) is 13.7. The minimum atomic E-state index is -0.346. The summed E-state index contributed by atoms with van der Waals surface area (Å²) in [5.41, 5.74) is 0.789. The largest absolute Gasteiger partial charge is 0.362 e. The summed E-state index contributed by atoms with van der Waals surface area (Å²) < 4.78 is 0. The third-order valence-electron chi connectivity index (χ3n) is 3.46. The molecule has 1 atom stereocenters. The number of nitrogens with one attached hydrogen (secondary N) is 1. The van der Waals surface area contributed by atoms with Gasteiger partial charge in [0, 0.05) is 25.3 Å². The molecule has 1 aliphatic rings. The van der Waals surface area contributed by atoms with E-state index in [4.69, 9.17) is 0 Å². The van der Waals surface area contributed by atoms with Crippen molar-refractivity contribution in [3.63, 3.8) is 0 Å². The summed E-state index contributed by atoms with van der Waals surface area (Å²) in [7, 11) is 0. The molecule has 0 aromatic carbocycles. The van der Waals surface area contributed by atoms with E-state index in [1.54, 1.807) is 12.3 Å². The third-order valence-corrected chi connectivity index (χ3v) is 3.46. The van der Waals surface area contributed by atoms with E-state index >= 15 is 0 Å². The Morgan fingerprint density at radius 2 is 2.47 bits per heavy atom. The number of nitro groups is 1. The first-order valence-electron chi connectivity index (χ1n) is 6.79. The maximum atomic E-state index is 11.1. The van der Waals surface area contributed by atoms with Crippen LogP contribution < -0.4 is 10.2 Å². The van der Waals surface area contributed by atoms with Gasteiger partial charge in [0.05, 0.1) is 4.92 Å². The highest BCUT2D eigenvalue weighted by atomic mass is 16.6. The van der Waals surface area contributed by atoms with Crippen molar-refractivity contribution in [1.29, 1.82) is 0 Å². The molecule has 19 heavy (non-hydrogen) atoms. The van der Waals surface area contributed by atoms with Gasteiger partial charge in [0.25, 0.3) is 0 Å². The van der Waals surface area contributed by atoms with Crippen LogP contribution in [0, 0.1) is 10.1 Å². The fourth-order valence-corrected chi connectivity index (χ4v) is 2.60. The quantitative estimate of drug-likeness (QED) is 0.650. The van der Waals surface area contributed by atoms with E-state index in [2.05, 4.69) is 22.1 Å². The van der Waals surface area contributed by atoms with Gasteiger partial charge in [-0.3, -0.25) is 15.1 Å². The van der Waals surface area contributed by atoms with Crippen molar-refractivity contribution in [3.8, 4) is 0 Å². The van der Waals surface area contributed by atoms with Crippen molar-refractivity contribution in [1.82, 2.24) is 10.3 Å². The summed E-state index contributed by atoms with van der Waals surface area (Å²) in [5, 5.41) is 14.5. The minimum absolute atomic E-state index is 0.0986. The summed E-state index contributed by atoms with van der Waals surface area (Å²) in [6.45, 7) is 4.85. The van der Waals surface area contributed by atoms with Crippen LogP contribution >= 0.6 is 0 Å². The Kier molecular flexibility index (Phi) is 4.68. The van der Waals surface area contributed by atoms with E-state index in [0.717, 1.165) is 38.9 Å². The summed E-state index contributed by atoms with van der Waals surface area (Å²) in [4.78, 5) is 16.8. The second-order valence-electron chi connectivity index (χ2n) is 4.82. The molecule has 1 unspecified atom stereocenters. The second kappa shape index (κ2) is 6.47. The lowest BCUT2D eigenvalue weighted by atomic mass is 10.0. The molecule has 1 aromatic heterocycles. The maximum Gasteiger partial charge on any atom is 0.310 e. The molecule has 6 nitrogen and oxygen atoms in total. The van der Waals surface area contributed by atoms with Gasteiger partial charge in [-0.15, -0.1) is 0 Å². The van der Waals surface area contributed by atoms with Gasteiger partial charge in [0.2, 0.25) is 0 Å². The fraction of sp³-hybridized carbons (Fsp3) is 0.615. The van der Waals surface area contributed by atoms with Gasteiger partial charge < -0.3 is 10.2 Å². The molecule has 1 aliphatic heterocycles. The molecule has 0 amide bonds. The normalized spacial score (nSPS) is 19.1. The van der Waals surface area contributed by atoms with Crippen molar-refractivity contribution in [3.05, 3.63) is 28.6 Å². The average Bonchev–Trinajstić information content (AvgIpc) is 2.45. The fourth-order valence-electron chi connectivity index (χ4n) is 2.60. The zero-order chi connectivity index (χ0) is 13.7. The number of aromatic nitrogens is 1. The molecule has 0 radical (unpaired) electrons. The smallest absolute Gasteiger partial charge is 0.310 e. The lowest BCUT2D eigenvalue weighted by Gasteiger charge is -2.35. The van der Waals surface area contributed by atoms with E-state index in [9.17, 15) is 10.1 Å². The molecule has 0 aliphatic carbocycles. The van der Waals surface area contributed by atoms with Crippen LogP contribution in [-0.2, 0) is 0 Å². The SMILES string of the molecule is CCCN(c1ccncc1[N+](=O)[O-])C1CCCNC1. The molecule has 2 heterocycles. The molecular weight excluding hydrogens is 244 g/mol. The zero-order valence-corrected chi connectivity index (χ0v) is 11.2. The summed E-state index contributed by atoms with van der Waals surface area (Å²) in [6.07, 6.45) is 6.13. The Morgan fingerprint density at radius 1 is 1.63 bits per heavy atom. The Morgan fingerprint density at radius 3 is 3.11 bits per heavy atom. The van der Waals surface area contributed by atoms with Crippen LogP contribution in [0.25, 0.3) is 0 Å². The van der Waals surface area contributed by atoms with Crippen molar-refractivity contribution >= 4 is 11.4 Å². The van der Waals surface area contributed by atoms with Gasteiger partial charge in [-0.25, -0.2) is 0 Å². The number of nitrogens with zero attached hydrogens (tertiary/aromatic N) is 3. The first-order chi connectivity index (χ1) is 9.24. The highest BCUT2D eigenvalue weighted by Crippen LogP contribution is 2.29. The van der Waals surface area contributed by atoms with Crippen molar-refractivity contribution in [2.75, 3.05) is 24.5 Å². The number of rotatable bonds is 5. The molecule has 6 heteroatoms. The average molecular weight is 264 g/mol. The van der Waals surface area contributed by atoms with Gasteiger partial charge >= 0.3 is 5.69 Å². The second-order valence-corrected chi connectivity index (χ2v) is 4.82. The van der Waals surface area contributed by atoms with Crippen LogP contribution in [-0.4, -0.2) is 35.6 Å². The van der Waals surface area contributed by atoms with E-state index in [1.165, 1.54) is 6.20 Å². The van der Waals surface area contributed by atoms with Crippen LogP contribution in [0.15, 0.2) is 18.5 Å². The molecule has 1 fully saturated rings. The molecule has 1 saturated heterocycles. The molecule has 1 N–H and O–H groups in total. The Balaban J connectivity index is 2.29. The molecule has 2 rings (SSSR count). The van der Waals surface area contributed by atoms with E-state index in [-0.39, 0.29) is 10.6 Å². The van der Waals surface area contributed by atoms with Crippen LogP contribution in [0.1, 0.15) is 26.2 Å². The lowest BCUT2D eigenvalue weighted by Crippen LogP contribution is -2.46. The Bertz CT molecular complexity index is 432. The molecule has 0 spiro atoms. The Hall–Kier alpha value is -1.69. The third kappa shape index (κ3) is 3.20. The summed E-state index contributed by atoms with van der Waals surface area (Å²) in [6, 6.07) is 2.08. The lowest BCUT2D eigenvalue weighted by molar-refractivity contribution is -0.384. The molecule has 0 saturated carbocycles. The summed E-state index contributed by atoms with van der Waals surface area (Å²) in [5.74, 6) is 0. The molecule has 0 bridgehead atoms. The monoisotopic (exact) mass is 264 g/mol. The van der Waals surface area contributed by atoms with Gasteiger partial charge in [-0.05, 0) is 31.9 Å². The first-order valence-corrected chi connectivity index (χ1v) is 6.79. The summed E-state index contributed by atoms with van der Waals surface area (Å²) >= 11 is 0. The van der Waals surface area contributed by atoms with E-state index < -0.39 is 0 Å². The van der Waals surface area contributed by atoms with Crippen LogP contribution in [0.4, 0.5) is 11.4 Å². The number of pyridine rings is 1. The van der Waals surface area contributed by atoms with Crippen molar-refractivity contribution in [2.24, 2.45) is 0 Å². The van der Waals surface area contributed by atoms with Crippen molar-refractivity contribution in [2.45, 2.75) is 32.2 Å². The highest BCUT2D eigenvalue weighted by Gasteiger charge is 2.26. The number of anilines is 1. The standard InChI is InChI=1S/C13H20N4O2/c1-2-8-16(11-4-3-6-14-9-11)12-5-7-15-10-13(12)17(18)19/h5,7,10-11,14H,2-4,6,8-9H2,1H3. The predicted molar refractivity (Wildman–Crippen MR) is 74.4 cm³/mol. The maximum absolute atomic E-state index is 11.1. The highest BCUT2D eigenvalue weighted by molar-refractivity contribution is 5.62. The van der Waals surface area contributed by atoms with Crippen LogP contribution in [0.5, 0.6) is 0 Å². The minimum Gasteiger partial charge on any atom is -0.362 e. The van der Waals surface area contributed by atoms with E-state index in [1.807, 2.05) is 0 Å². The zero-order valence-electron chi connectivity index (χ0n) is 11.2. The topological polar surface area (TPSA) is 71.3 Å². The van der Waals surface area contributed by atoms with Crippen LogP contribution in [0.2, 0.25) is 0 Å². The van der Waals surface area contributed by atoms with Gasteiger partial charge in [0.15, 0.2) is 0 Å². The molecule has 104 valence electrons. The van der Waals surface area contributed by atoms with Gasteiger partial charge in [0.1, 0.15) is 11.9 Å². The van der Waals surface area contributed by atoms with Gasteiger partial charge in [-0.1, -0.05) is 6.92 Å². The molecular formula is C13H20N4O2. The van der Waals surface area contributed by atoms with Crippen molar-refractivity contribution < 1.29 is 4.92 Å². The predicted octanol–water partition coefficient (Wildman–Crippen LogP) is 1.96. The number of hydrogen-bond acceptors (Lipinski definition) is 5. The molecule has 1 aromatic rings.